The predicted octanol–water partition coefficient (Wildman–Crippen LogP) is 4.03. The lowest BCUT2D eigenvalue weighted by atomic mass is 9.83. The minimum atomic E-state index is 0.0434. The van der Waals surface area contributed by atoms with E-state index in [-0.39, 0.29) is 18.1 Å². The Morgan fingerprint density at radius 1 is 1.20 bits per heavy atom. The second kappa shape index (κ2) is 6.79. The lowest BCUT2D eigenvalue weighted by molar-refractivity contribution is 0.122. The molecule has 0 saturated carbocycles. The summed E-state index contributed by atoms with van der Waals surface area (Å²) in [6, 6.07) is 14.8. The number of furan rings is 1. The second-order valence-corrected chi connectivity index (χ2v) is 7.23. The summed E-state index contributed by atoms with van der Waals surface area (Å²) in [5.41, 5.74) is 0.971. The van der Waals surface area contributed by atoms with Crippen molar-refractivity contribution in [3.63, 3.8) is 0 Å². The van der Waals surface area contributed by atoms with Crippen LogP contribution >= 0.6 is 0 Å². The van der Waals surface area contributed by atoms with Gasteiger partial charge in [-0.2, -0.15) is 0 Å². The molecular weight excluding hydrogens is 314 g/mol. The topological polar surface area (TPSA) is 54.6 Å². The zero-order chi connectivity index (χ0) is 17.3. The van der Waals surface area contributed by atoms with Gasteiger partial charge in [-0.3, -0.25) is 0 Å². The highest BCUT2D eigenvalue weighted by Gasteiger charge is 2.34. The lowest BCUT2D eigenvalue weighted by Crippen LogP contribution is -2.36. The van der Waals surface area contributed by atoms with Crippen molar-refractivity contribution in [2.75, 3.05) is 26.4 Å². The molecule has 25 heavy (non-hydrogen) atoms. The molecular formula is C21H25NO3. The van der Waals surface area contributed by atoms with Gasteiger partial charge in [0.05, 0.1) is 12.6 Å². The van der Waals surface area contributed by atoms with Gasteiger partial charge in [0.2, 0.25) is 0 Å². The van der Waals surface area contributed by atoms with E-state index in [0.29, 0.717) is 0 Å². The van der Waals surface area contributed by atoms with Gasteiger partial charge in [0.25, 0.3) is 0 Å². The fourth-order valence-electron chi connectivity index (χ4n) is 3.81. The maximum absolute atomic E-state index is 9.37. The van der Waals surface area contributed by atoms with Gasteiger partial charge in [0, 0.05) is 30.6 Å². The molecule has 0 bridgehead atoms. The average Bonchev–Trinajstić information content (AvgIpc) is 3.27. The van der Waals surface area contributed by atoms with Gasteiger partial charge < -0.3 is 19.6 Å². The molecule has 1 aliphatic heterocycles. The molecule has 0 aliphatic carbocycles. The van der Waals surface area contributed by atoms with Crippen LogP contribution in [0.5, 0.6) is 0 Å². The van der Waals surface area contributed by atoms with Crippen molar-refractivity contribution >= 4 is 21.7 Å². The maximum Gasteiger partial charge on any atom is 0.135 e. The Labute approximate surface area is 147 Å². The highest BCUT2D eigenvalue weighted by atomic mass is 16.5. The van der Waals surface area contributed by atoms with Gasteiger partial charge in [-0.05, 0) is 42.7 Å². The van der Waals surface area contributed by atoms with Crippen LogP contribution in [0, 0.1) is 5.41 Å². The zero-order valence-corrected chi connectivity index (χ0v) is 14.6. The van der Waals surface area contributed by atoms with E-state index in [0.717, 1.165) is 49.3 Å². The fourth-order valence-corrected chi connectivity index (χ4v) is 3.81. The summed E-state index contributed by atoms with van der Waals surface area (Å²) < 4.78 is 11.7. The Hall–Kier alpha value is -1.88. The van der Waals surface area contributed by atoms with E-state index < -0.39 is 0 Å². The van der Waals surface area contributed by atoms with Gasteiger partial charge in [0.1, 0.15) is 11.3 Å². The van der Waals surface area contributed by atoms with Crippen LogP contribution in [0.1, 0.15) is 31.6 Å². The van der Waals surface area contributed by atoms with Crippen molar-refractivity contribution in [3.05, 3.63) is 48.2 Å². The van der Waals surface area contributed by atoms with Crippen LogP contribution in [0.25, 0.3) is 21.7 Å². The summed E-state index contributed by atoms with van der Waals surface area (Å²) in [5, 5.41) is 16.6. The fraction of sp³-hybridized carbons (Fsp3) is 0.429. The Morgan fingerprint density at radius 2 is 2.08 bits per heavy atom. The molecule has 4 heteroatoms. The van der Waals surface area contributed by atoms with E-state index in [1.165, 1.54) is 10.8 Å². The molecule has 0 amide bonds. The van der Waals surface area contributed by atoms with Crippen LogP contribution in [0.4, 0.5) is 0 Å². The summed E-state index contributed by atoms with van der Waals surface area (Å²) in [7, 11) is 0. The highest BCUT2D eigenvalue weighted by Crippen LogP contribution is 2.34. The van der Waals surface area contributed by atoms with Crippen molar-refractivity contribution in [2.24, 2.45) is 5.41 Å². The standard InChI is InChI=1S/C21H25NO3/c1-15(22-13-21(8-10-23)9-11-24-14-21)20-12-18-17-5-3-2-4-16(17)6-7-19(18)25-20/h2-7,12,15,22-23H,8-11,13-14H2,1H3/t15-,21+/m0/s1. The first kappa shape index (κ1) is 16.6. The van der Waals surface area contributed by atoms with Crippen molar-refractivity contribution in [2.45, 2.75) is 25.8 Å². The van der Waals surface area contributed by atoms with Crippen LogP contribution in [0.3, 0.4) is 0 Å². The maximum atomic E-state index is 9.37. The van der Waals surface area contributed by atoms with Gasteiger partial charge in [-0.15, -0.1) is 0 Å². The molecule has 2 atom stereocenters. The molecule has 2 N–H and O–H groups in total. The van der Waals surface area contributed by atoms with Crippen molar-refractivity contribution < 1.29 is 14.3 Å². The minimum absolute atomic E-state index is 0.0434. The van der Waals surface area contributed by atoms with Crippen molar-refractivity contribution in [1.29, 1.82) is 0 Å². The molecule has 2 heterocycles. The van der Waals surface area contributed by atoms with Crippen LogP contribution in [0.2, 0.25) is 0 Å². The molecule has 4 rings (SSSR count). The number of hydrogen-bond acceptors (Lipinski definition) is 4. The Morgan fingerprint density at radius 3 is 2.88 bits per heavy atom. The van der Waals surface area contributed by atoms with Gasteiger partial charge in [0.15, 0.2) is 0 Å². The molecule has 4 nitrogen and oxygen atoms in total. The van der Waals surface area contributed by atoms with Gasteiger partial charge >= 0.3 is 0 Å². The first-order valence-corrected chi connectivity index (χ1v) is 9.04. The van der Waals surface area contributed by atoms with E-state index in [4.69, 9.17) is 9.15 Å². The van der Waals surface area contributed by atoms with E-state index in [2.05, 4.69) is 48.6 Å². The normalized spacial score (nSPS) is 22.0. The third-order valence-electron chi connectivity index (χ3n) is 5.48. The SMILES string of the molecule is C[C@H](NC[C@@]1(CCO)CCOC1)c1cc2c(ccc3ccccc32)o1. The van der Waals surface area contributed by atoms with E-state index in [1.807, 2.05) is 6.07 Å². The summed E-state index contributed by atoms with van der Waals surface area (Å²) >= 11 is 0. The van der Waals surface area contributed by atoms with E-state index >= 15 is 0 Å². The summed E-state index contributed by atoms with van der Waals surface area (Å²) in [6.07, 6.45) is 1.77. The van der Waals surface area contributed by atoms with Crippen LogP contribution in [0.15, 0.2) is 46.9 Å². The number of hydrogen-bond donors (Lipinski definition) is 2. The number of aliphatic hydroxyl groups excluding tert-OH is 1. The van der Waals surface area contributed by atoms with Gasteiger partial charge in [-0.25, -0.2) is 0 Å². The quantitative estimate of drug-likeness (QED) is 0.712. The largest absolute Gasteiger partial charge is 0.459 e. The molecule has 0 spiro atoms. The van der Waals surface area contributed by atoms with Gasteiger partial charge in [-0.1, -0.05) is 30.3 Å². The van der Waals surface area contributed by atoms with E-state index in [1.54, 1.807) is 0 Å². The molecule has 0 radical (unpaired) electrons. The van der Waals surface area contributed by atoms with E-state index in [9.17, 15) is 5.11 Å². The summed E-state index contributed by atoms with van der Waals surface area (Å²) in [5.74, 6) is 0.949. The third-order valence-corrected chi connectivity index (χ3v) is 5.48. The number of benzene rings is 2. The highest BCUT2D eigenvalue weighted by molar-refractivity contribution is 6.05. The second-order valence-electron chi connectivity index (χ2n) is 7.23. The molecule has 132 valence electrons. The number of aliphatic hydroxyl groups is 1. The predicted molar refractivity (Wildman–Crippen MR) is 99.7 cm³/mol. The Balaban J connectivity index is 1.55. The Kier molecular flexibility index (Phi) is 4.50. The smallest absolute Gasteiger partial charge is 0.135 e. The number of nitrogens with one attached hydrogen (secondary N) is 1. The molecule has 3 aromatic rings. The van der Waals surface area contributed by atoms with Crippen LogP contribution in [-0.4, -0.2) is 31.5 Å². The van der Waals surface area contributed by atoms with Crippen molar-refractivity contribution in [1.82, 2.24) is 5.32 Å². The minimum Gasteiger partial charge on any atom is -0.459 e. The first-order chi connectivity index (χ1) is 12.2. The zero-order valence-electron chi connectivity index (χ0n) is 14.6. The number of fused-ring (bicyclic) bond motifs is 3. The average molecular weight is 339 g/mol. The lowest BCUT2D eigenvalue weighted by Gasteiger charge is -2.28. The molecule has 1 fully saturated rings. The summed E-state index contributed by atoms with van der Waals surface area (Å²) in [4.78, 5) is 0. The molecule has 1 aliphatic rings. The first-order valence-electron chi connectivity index (χ1n) is 9.04. The molecule has 1 aromatic heterocycles. The molecule has 2 aromatic carbocycles. The molecule has 1 saturated heterocycles. The van der Waals surface area contributed by atoms with Crippen LogP contribution < -0.4 is 5.32 Å². The molecule has 0 unspecified atom stereocenters. The Bertz CT molecular complexity index is 864. The number of ether oxygens (including phenoxy) is 1. The monoisotopic (exact) mass is 339 g/mol. The third kappa shape index (κ3) is 3.17. The summed E-state index contributed by atoms with van der Waals surface area (Å²) in [6.45, 7) is 4.66. The number of rotatable bonds is 6. The van der Waals surface area contributed by atoms with Crippen LogP contribution in [-0.2, 0) is 4.74 Å². The van der Waals surface area contributed by atoms with Crippen molar-refractivity contribution in [3.8, 4) is 0 Å².